The molecule has 0 fully saturated rings. The Morgan fingerprint density at radius 2 is 1.79 bits per heavy atom. The van der Waals surface area contributed by atoms with Crippen LogP contribution in [-0.4, -0.2) is 12.5 Å². The van der Waals surface area contributed by atoms with Crippen LogP contribution in [0, 0.1) is 6.92 Å². The zero-order valence-electron chi connectivity index (χ0n) is 12.4. The molecule has 2 rings (SSSR count). The molecule has 128 valence electrons. The minimum absolute atomic E-state index is 0.0318. The lowest BCUT2D eigenvalue weighted by Gasteiger charge is -2.12. The summed E-state index contributed by atoms with van der Waals surface area (Å²) >= 11 is 11.5. The summed E-state index contributed by atoms with van der Waals surface area (Å²) in [4.78, 5) is 11.8. The lowest BCUT2D eigenvalue weighted by Crippen LogP contribution is -2.20. The van der Waals surface area contributed by atoms with Gasteiger partial charge in [-0.05, 0) is 42.8 Å². The number of amides is 1. The molecule has 0 aromatic heterocycles. The molecule has 0 atom stereocenters. The molecule has 0 saturated heterocycles. The van der Waals surface area contributed by atoms with Crippen LogP contribution in [-0.2, 0) is 11.0 Å². The Bertz CT molecular complexity index is 763. The number of aryl methyl sites for hydroxylation is 1. The lowest BCUT2D eigenvalue weighted by molar-refractivity contribution is -0.137. The van der Waals surface area contributed by atoms with Gasteiger partial charge in [-0.2, -0.15) is 13.2 Å². The van der Waals surface area contributed by atoms with E-state index in [9.17, 15) is 18.0 Å². The standard InChI is InChI=1S/C16H12Cl2F3NO2/c1-9-2-4-13(18)14(6-9)24-8-15(23)22-10-3-5-12(17)11(7-10)16(19,20)21/h2-7H,8H2,1H3,(H,22,23). The summed E-state index contributed by atoms with van der Waals surface area (Å²) in [7, 11) is 0. The molecule has 0 unspecified atom stereocenters. The average molecular weight is 378 g/mol. The smallest absolute Gasteiger partial charge is 0.417 e. The molecule has 0 heterocycles. The number of alkyl halides is 3. The number of hydrogen-bond acceptors (Lipinski definition) is 2. The summed E-state index contributed by atoms with van der Waals surface area (Å²) in [5.74, 6) is -0.304. The van der Waals surface area contributed by atoms with Gasteiger partial charge in [0.25, 0.3) is 5.91 Å². The van der Waals surface area contributed by atoms with Gasteiger partial charge < -0.3 is 10.1 Å². The van der Waals surface area contributed by atoms with Crippen LogP contribution in [0.1, 0.15) is 11.1 Å². The van der Waals surface area contributed by atoms with Crippen molar-refractivity contribution in [3.8, 4) is 5.75 Å². The molecule has 1 N–H and O–H groups in total. The van der Waals surface area contributed by atoms with Crippen LogP contribution in [0.15, 0.2) is 36.4 Å². The lowest BCUT2D eigenvalue weighted by atomic mass is 10.2. The third kappa shape index (κ3) is 4.79. The van der Waals surface area contributed by atoms with E-state index >= 15 is 0 Å². The molecule has 2 aromatic rings. The van der Waals surface area contributed by atoms with Gasteiger partial charge in [-0.15, -0.1) is 0 Å². The fraction of sp³-hybridized carbons (Fsp3) is 0.188. The molecule has 2 aromatic carbocycles. The van der Waals surface area contributed by atoms with Gasteiger partial charge in [0.2, 0.25) is 0 Å². The second kappa shape index (κ2) is 7.32. The summed E-state index contributed by atoms with van der Waals surface area (Å²) in [6, 6.07) is 8.16. The van der Waals surface area contributed by atoms with E-state index in [1.54, 1.807) is 18.2 Å². The topological polar surface area (TPSA) is 38.3 Å². The monoisotopic (exact) mass is 377 g/mol. The van der Waals surface area contributed by atoms with E-state index in [2.05, 4.69) is 5.32 Å². The van der Waals surface area contributed by atoms with Gasteiger partial charge in [-0.25, -0.2) is 0 Å². The van der Waals surface area contributed by atoms with Crippen molar-refractivity contribution in [1.82, 2.24) is 0 Å². The molecule has 0 bridgehead atoms. The van der Waals surface area contributed by atoms with E-state index in [0.29, 0.717) is 10.8 Å². The maximum Gasteiger partial charge on any atom is 0.417 e. The third-order valence-corrected chi connectivity index (χ3v) is 3.64. The molecule has 24 heavy (non-hydrogen) atoms. The van der Waals surface area contributed by atoms with E-state index in [1.165, 1.54) is 6.07 Å². The molecule has 0 aliphatic carbocycles. The number of rotatable bonds is 4. The second-order valence-corrected chi connectivity index (χ2v) is 5.78. The van der Waals surface area contributed by atoms with Crippen LogP contribution in [0.4, 0.5) is 18.9 Å². The summed E-state index contributed by atoms with van der Waals surface area (Å²) in [6.45, 7) is 1.43. The first kappa shape index (κ1) is 18.4. The molecule has 0 aliphatic heterocycles. The molecular formula is C16H12Cl2F3NO2. The Labute approximate surface area is 146 Å². The van der Waals surface area contributed by atoms with Crippen LogP contribution in [0.3, 0.4) is 0 Å². The predicted octanol–water partition coefficient (Wildman–Crippen LogP) is 5.34. The van der Waals surface area contributed by atoms with E-state index in [0.717, 1.165) is 17.7 Å². The van der Waals surface area contributed by atoms with Crippen molar-refractivity contribution in [2.75, 3.05) is 11.9 Å². The molecule has 1 amide bonds. The number of benzene rings is 2. The van der Waals surface area contributed by atoms with Gasteiger partial charge in [0.05, 0.1) is 15.6 Å². The van der Waals surface area contributed by atoms with E-state index in [-0.39, 0.29) is 5.69 Å². The second-order valence-electron chi connectivity index (χ2n) is 4.96. The van der Waals surface area contributed by atoms with Crippen LogP contribution < -0.4 is 10.1 Å². The van der Waals surface area contributed by atoms with Gasteiger partial charge in [-0.3, -0.25) is 4.79 Å². The third-order valence-electron chi connectivity index (χ3n) is 3.00. The minimum atomic E-state index is -4.61. The largest absolute Gasteiger partial charge is 0.482 e. The maximum absolute atomic E-state index is 12.8. The average Bonchev–Trinajstić information content (AvgIpc) is 2.49. The molecule has 8 heteroatoms. The zero-order valence-corrected chi connectivity index (χ0v) is 13.9. The summed E-state index contributed by atoms with van der Waals surface area (Å²) in [6.07, 6.45) is -4.61. The van der Waals surface area contributed by atoms with E-state index < -0.39 is 29.3 Å². The van der Waals surface area contributed by atoms with E-state index in [4.69, 9.17) is 27.9 Å². The van der Waals surface area contributed by atoms with Gasteiger partial charge >= 0.3 is 6.18 Å². The molecule has 3 nitrogen and oxygen atoms in total. The van der Waals surface area contributed by atoms with E-state index in [1.807, 2.05) is 6.92 Å². The highest BCUT2D eigenvalue weighted by Crippen LogP contribution is 2.36. The van der Waals surface area contributed by atoms with Crippen molar-refractivity contribution in [2.24, 2.45) is 0 Å². The van der Waals surface area contributed by atoms with Crippen LogP contribution in [0.5, 0.6) is 5.75 Å². The highest BCUT2D eigenvalue weighted by molar-refractivity contribution is 6.32. The van der Waals surface area contributed by atoms with Gasteiger partial charge in [-0.1, -0.05) is 29.3 Å². The first-order chi connectivity index (χ1) is 11.2. The Balaban J connectivity index is 2.04. The number of nitrogens with one attached hydrogen (secondary N) is 1. The Hall–Kier alpha value is -1.92. The quantitative estimate of drug-likeness (QED) is 0.780. The first-order valence-electron chi connectivity index (χ1n) is 6.72. The summed E-state index contributed by atoms with van der Waals surface area (Å²) < 4.78 is 43.6. The normalized spacial score (nSPS) is 11.2. The number of carbonyl (C=O) groups is 1. The predicted molar refractivity (Wildman–Crippen MR) is 86.8 cm³/mol. The first-order valence-corrected chi connectivity index (χ1v) is 7.48. The summed E-state index contributed by atoms with van der Waals surface area (Å²) in [5.41, 5.74) is -0.164. The van der Waals surface area contributed by atoms with Crippen molar-refractivity contribution >= 4 is 34.8 Å². The molecule has 0 spiro atoms. The number of ether oxygens (including phenoxy) is 1. The zero-order chi connectivity index (χ0) is 17.9. The van der Waals surface area contributed by atoms with Crippen LogP contribution in [0.2, 0.25) is 10.0 Å². The minimum Gasteiger partial charge on any atom is -0.482 e. The Morgan fingerprint density at radius 3 is 2.46 bits per heavy atom. The van der Waals surface area contributed by atoms with Gasteiger partial charge in [0, 0.05) is 5.69 Å². The molecule has 0 saturated carbocycles. The van der Waals surface area contributed by atoms with Gasteiger partial charge in [0.1, 0.15) is 5.75 Å². The maximum atomic E-state index is 12.8. The highest BCUT2D eigenvalue weighted by Gasteiger charge is 2.33. The van der Waals surface area contributed by atoms with Crippen molar-refractivity contribution < 1.29 is 22.7 Å². The van der Waals surface area contributed by atoms with Crippen molar-refractivity contribution in [2.45, 2.75) is 13.1 Å². The number of hydrogen-bond donors (Lipinski definition) is 1. The molecular weight excluding hydrogens is 366 g/mol. The summed E-state index contributed by atoms with van der Waals surface area (Å²) in [5, 5.41) is 2.21. The van der Waals surface area contributed by atoms with Crippen molar-refractivity contribution in [3.05, 3.63) is 57.6 Å². The highest BCUT2D eigenvalue weighted by atomic mass is 35.5. The number of carbonyl (C=O) groups excluding carboxylic acids is 1. The van der Waals surface area contributed by atoms with Crippen molar-refractivity contribution in [3.63, 3.8) is 0 Å². The molecule has 0 radical (unpaired) electrons. The SMILES string of the molecule is Cc1ccc(Cl)c(OCC(=O)Nc2ccc(Cl)c(C(F)(F)F)c2)c1. The number of anilines is 1. The van der Waals surface area contributed by atoms with Crippen molar-refractivity contribution in [1.29, 1.82) is 0 Å². The molecule has 0 aliphatic rings. The van der Waals surface area contributed by atoms with Gasteiger partial charge in [0.15, 0.2) is 6.61 Å². The number of halogens is 5. The van der Waals surface area contributed by atoms with Crippen LogP contribution in [0.25, 0.3) is 0 Å². The Morgan fingerprint density at radius 1 is 1.12 bits per heavy atom. The fourth-order valence-corrected chi connectivity index (χ4v) is 2.28. The Kier molecular flexibility index (Phi) is 5.62. The van der Waals surface area contributed by atoms with Crippen LogP contribution >= 0.6 is 23.2 Å². The fourth-order valence-electron chi connectivity index (χ4n) is 1.88.